The van der Waals surface area contributed by atoms with Crippen LogP contribution in [0.25, 0.3) is 6.08 Å². The number of fused-ring (bicyclic) bond motifs is 1. The molecule has 24 heavy (non-hydrogen) atoms. The summed E-state index contributed by atoms with van der Waals surface area (Å²) >= 11 is 0. The zero-order valence-electron chi connectivity index (χ0n) is 14.1. The standard InChI is InChI=1S/C18H22N4O2/c1-12-10-14(12)15-7-5-13(24-15)6-8-18(23)21(2)11-17-20-19-16-4-3-9-22(16)17/h5-8,12,14H,3-4,9-11H2,1-2H3/b8-6-/t12-,14+/m1/s1. The molecule has 1 aliphatic heterocycles. The van der Waals surface area contributed by atoms with Crippen molar-refractivity contribution in [1.82, 2.24) is 19.7 Å². The molecule has 2 aromatic rings. The molecule has 0 bridgehead atoms. The van der Waals surface area contributed by atoms with Crippen molar-refractivity contribution in [2.24, 2.45) is 5.92 Å². The molecule has 0 aromatic carbocycles. The summed E-state index contributed by atoms with van der Waals surface area (Å²) in [5, 5.41) is 8.37. The fourth-order valence-electron chi connectivity index (χ4n) is 3.27. The first-order chi connectivity index (χ1) is 11.6. The largest absolute Gasteiger partial charge is 0.461 e. The topological polar surface area (TPSA) is 64.2 Å². The Labute approximate surface area is 141 Å². The summed E-state index contributed by atoms with van der Waals surface area (Å²) < 4.78 is 7.90. The van der Waals surface area contributed by atoms with Gasteiger partial charge in [-0.3, -0.25) is 4.79 Å². The van der Waals surface area contributed by atoms with E-state index in [9.17, 15) is 4.79 Å². The Hall–Kier alpha value is -2.37. The van der Waals surface area contributed by atoms with Crippen LogP contribution in [0.3, 0.4) is 0 Å². The van der Waals surface area contributed by atoms with E-state index in [1.807, 2.05) is 12.1 Å². The zero-order chi connectivity index (χ0) is 16.7. The lowest BCUT2D eigenvalue weighted by atomic mass is 10.3. The van der Waals surface area contributed by atoms with E-state index in [0.29, 0.717) is 18.4 Å². The first-order valence-electron chi connectivity index (χ1n) is 8.55. The number of carbonyl (C=O) groups is 1. The molecule has 4 rings (SSSR count). The predicted octanol–water partition coefficient (Wildman–Crippen LogP) is 2.61. The molecule has 126 valence electrons. The first-order valence-corrected chi connectivity index (χ1v) is 8.55. The maximum atomic E-state index is 12.3. The van der Waals surface area contributed by atoms with Crippen molar-refractivity contribution in [2.75, 3.05) is 7.05 Å². The number of amides is 1. The number of aromatic nitrogens is 3. The van der Waals surface area contributed by atoms with Gasteiger partial charge in [-0.2, -0.15) is 0 Å². The Kier molecular flexibility index (Phi) is 3.75. The van der Waals surface area contributed by atoms with Crippen LogP contribution < -0.4 is 0 Å². The minimum absolute atomic E-state index is 0.0666. The van der Waals surface area contributed by atoms with Crippen LogP contribution in [0.5, 0.6) is 0 Å². The molecule has 2 aliphatic rings. The molecule has 1 saturated carbocycles. The number of aryl methyl sites for hydroxylation is 1. The van der Waals surface area contributed by atoms with Gasteiger partial charge < -0.3 is 13.9 Å². The van der Waals surface area contributed by atoms with Crippen molar-refractivity contribution in [3.05, 3.63) is 41.4 Å². The molecule has 1 amide bonds. The quantitative estimate of drug-likeness (QED) is 0.792. The highest BCUT2D eigenvalue weighted by atomic mass is 16.3. The van der Waals surface area contributed by atoms with Crippen LogP contribution in [0.2, 0.25) is 0 Å². The molecule has 6 heteroatoms. The van der Waals surface area contributed by atoms with Gasteiger partial charge in [0, 0.05) is 32.0 Å². The van der Waals surface area contributed by atoms with E-state index in [0.717, 1.165) is 42.6 Å². The van der Waals surface area contributed by atoms with Gasteiger partial charge in [-0.05, 0) is 37.0 Å². The van der Waals surface area contributed by atoms with Crippen LogP contribution in [-0.2, 0) is 24.3 Å². The lowest BCUT2D eigenvalue weighted by Gasteiger charge is -2.14. The monoisotopic (exact) mass is 326 g/mol. The minimum atomic E-state index is -0.0666. The van der Waals surface area contributed by atoms with Crippen LogP contribution >= 0.6 is 0 Å². The van der Waals surface area contributed by atoms with Gasteiger partial charge >= 0.3 is 0 Å². The Balaban J connectivity index is 1.37. The fraction of sp³-hybridized carbons (Fsp3) is 0.500. The highest BCUT2D eigenvalue weighted by molar-refractivity contribution is 5.91. The van der Waals surface area contributed by atoms with E-state index in [4.69, 9.17) is 4.42 Å². The van der Waals surface area contributed by atoms with E-state index >= 15 is 0 Å². The molecule has 6 nitrogen and oxygen atoms in total. The van der Waals surface area contributed by atoms with Gasteiger partial charge in [0.15, 0.2) is 5.82 Å². The SMILES string of the molecule is C[C@@H]1C[C@@H]1c1ccc(/C=C\C(=O)N(C)Cc2nnc3n2CCC3)o1. The third kappa shape index (κ3) is 2.88. The van der Waals surface area contributed by atoms with Crippen molar-refractivity contribution in [1.29, 1.82) is 0 Å². The summed E-state index contributed by atoms with van der Waals surface area (Å²) in [6, 6.07) is 3.94. The summed E-state index contributed by atoms with van der Waals surface area (Å²) in [5.41, 5.74) is 0. The second kappa shape index (κ2) is 5.92. The Morgan fingerprint density at radius 3 is 3.08 bits per heavy atom. The van der Waals surface area contributed by atoms with Crippen LogP contribution in [0.15, 0.2) is 22.6 Å². The molecule has 1 fully saturated rings. The van der Waals surface area contributed by atoms with Crippen LogP contribution in [0.4, 0.5) is 0 Å². The van der Waals surface area contributed by atoms with Crippen LogP contribution in [0, 0.1) is 5.92 Å². The molecule has 0 spiro atoms. The molecule has 0 N–H and O–H groups in total. The van der Waals surface area contributed by atoms with Gasteiger partial charge in [0.25, 0.3) is 0 Å². The Morgan fingerprint density at radius 2 is 2.29 bits per heavy atom. The van der Waals surface area contributed by atoms with Crippen molar-refractivity contribution >= 4 is 12.0 Å². The van der Waals surface area contributed by atoms with E-state index in [1.54, 1.807) is 24.1 Å². The van der Waals surface area contributed by atoms with Gasteiger partial charge in [0.2, 0.25) is 5.91 Å². The predicted molar refractivity (Wildman–Crippen MR) is 89.1 cm³/mol. The smallest absolute Gasteiger partial charge is 0.246 e. The number of furan rings is 1. The van der Waals surface area contributed by atoms with Crippen molar-refractivity contribution in [3.8, 4) is 0 Å². The summed E-state index contributed by atoms with van der Waals surface area (Å²) in [6.45, 7) is 3.64. The number of nitrogens with zero attached hydrogens (tertiary/aromatic N) is 4. The third-order valence-corrected chi connectivity index (χ3v) is 4.95. The summed E-state index contributed by atoms with van der Waals surface area (Å²) in [5.74, 6) is 4.85. The van der Waals surface area contributed by atoms with E-state index in [1.165, 1.54) is 6.42 Å². The van der Waals surface area contributed by atoms with Gasteiger partial charge in [-0.15, -0.1) is 10.2 Å². The Bertz CT molecular complexity index is 789. The lowest BCUT2D eigenvalue weighted by Crippen LogP contribution is -2.25. The van der Waals surface area contributed by atoms with Crippen molar-refractivity contribution in [3.63, 3.8) is 0 Å². The van der Waals surface area contributed by atoms with Gasteiger partial charge in [-0.1, -0.05) is 6.92 Å². The number of hydrogen-bond donors (Lipinski definition) is 0. The maximum Gasteiger partial charge on any atom is 0.246 e. The fourth-order valence-corrected chi connectivity index (χ4v) is 3.27. The zero-order valence-corrected chi connectivity index (χ0v) is 14.1. The highest BCUT2D eigenvalue weighted by Crippen LogP contribution is 2.47. The third-order valence-electron chi connectivity index (χ3n) is 4.95. The summed E-state index contributed by atoms with van der Waals surface area (Å²) in [6.07, 6.45) is 6.58. The molecule has 0 unspecified atom stereocenters. The average molecular weight is 326 g/mol. The van der Waals surface area contributed by atoms with Gasteiger partial charge in [0.05, 0.1) is 6.54 Å². The molecule has 3 heterocycles. The number of carbonyl (C=O) groups excluding carboxylic acids is 1. The molecule has 0 saturated heterocycles. The van der Waals surface area contributed by atoms with Crippen molar-refractivity contribution in [2.45, 2.75) is 45.2 Å². The highest BCUT2D eigenvalue weighted by Gasteiger charge is 2.36. The normalized spacial score (nSPS) is 22.1. The molecule has 2 aromatic heterocycles. The van der Waals surface area contributed by atoms with E-state index in [-0.39, 0.29) is 5.91 Å². The van der Waals surface area contributed by atoms with Gasteiger partial charge in [-0.25, -0.2) is 0 Å². The summed E-state index contributed by atoms with van der Waals surface area (Å²) in [7, 11) is 1.78. The Morgan fingerprint density at radius 1 is 1.46 bits per heavy atom. The minimum Gasteiger partial charge on any atom is -0.461 e. The van der Waals surface area contributed by atoms with E-state index in [2.05, 4.69) is 21.7 Å². The second-order valence-corrected chi connectivity index (χ2v) is 6.87. The average Bonchev–Trinajstić information content (AvgIpc) is 3.00. The molecule has 1 aliphatic carbocycles. The van der Waals surface area contributed by atoms with Crippen LogP contribution in [-0.4, -0.2) is 32.6 Å². The number of hydrogen-bond acceptors (Lipinski definition) is 4. The summed E-state index contributed by atoms with van der Waals surface area (Å²) in [4.78, 5) is 13.9. The van der Waals surface area contributed by atoms with E-state index < -0.39 is 0 Å². The molecule has 2 atom stereocenters. The first kappa shape index (κ1) is 15.2. The number of likely N-dealkylation sites (N-methyl/N-ethyl adjacent to an activating group) is 1. The molecular weight excluding hydrogens is 304 g/mol. The van der Waals surface area contributed by atoms with Crippen LogP contribution in [0.1, 0.15) is 48.9 Å². The van der Waals surface area contributed by atoms with Crippen molar-refractivity contribution < 1.29 is 9.21 Å². The second-order valence-electron chi connectivity index (χ2n) is 6.87. The number of rotatable bonds is 5. The lowest BCUT2D eigenvalue weighted by molar-refractivity contribution is -0.125. The maximum absolute atomic E-state index is 12.3. The molecule has 0 radical (unpaired) electrons. The molecular formula is C18H22N4O2. The van der Waals surface area contributed by atoms with Gasteiger partial charge in [0.1, 0.15) is 17.3 Å².